The van der Waals surface area contributed by atoms with Gasteiger partial charge in [0.15, 0.2) is 0 Å². The molecule has 2 rings (SSSR count). The van der Waals surface area contributed by atoms with Crippen LogP contribution in [0.3, 0.4) is 0 Å². The lowest BCUT2D eigenvalue weighted by Crippen LogP contribution is -2.44. The summed E-state index contributed by atoms with van der Waals surface area (Å²) in [6.07, 6.45) is 3.31. The van der Waals surface area contributed by atoms with E-state index in [2.05, 4.69) is 43.9 Å². The van der Waals surface area contributed by atoms with E-state index in [0.29, 0.717) is 0 Å². The third-order valence-electron chi connectivity index (χ3n) is 5.02. The highest BCUT2D eigenvalue weighted by Crippen LogP contribution is 2.37. The van der Waals surface area contributed by atoms with Gasteiger partial charge in [0.2, 0.25) is 0 Å². The number of carboxylic acids is 1. The van der Waals surface area contributed by atoms with Crippen molar-refractivity contribution in [1.82, 2.24) is 4.90 Å². The van der Waals surface area contributed by atoms with Crippen LogP contribution in [0.15, 0.2) is 18.2 Å². The molecule has 0 aromatic heterocycles. The van der Waals surface area contributed by atoms with Crippen LogP contribution in [-0.2, 0) is 11.3 Å². The maximum absolute atomic E-state index is 11.6. The van der Waals surface area contributed by atoms with Crippen molar-refractivity contribution in [3.63, 3.8) is 0 Å². The predicted octanol–water partition coefficient (Wildman–Crippen LogP) is 3.77. The maximum atomic E-state index is 11.6. The van der Waals surface area contributed by atoms with Crippen LogP contribution in [0.4, 0.5) is 0 Å². The molecule has 1 aliphatic rings. The van der Waals surface area contributed by atoms with Gasteiger partial charge in [0.1, 0.15) is 0 Å². The molecular formula is C18H27NO2. The van der Waals surface area contributed by atoms with Crippen molar-refractivity contribution >= 4 is 5.97 Å². The second-order valence-corrected chi connectivity index (χ2v) is 6.48. The first-order valence-corrected chi connectivity index (χ1v) is 7.99. The Hall–Kier alpha value is -1.35. The van der Waals surface area contributed by atoms with Gasteiger partial charge in [-0.2, -0.15) is 0 Å². The maximum Gasteiger partial charge on any atom is 0.309 e. The minimum Gasteiger partial charge on any atom is -0.481 e. The average Bonchev–Trinajstić information content (AvgIpc) is 2.45. The lowest BCUT2D eigenvalue weighted by Gasteiger charge is -2.39. The molecule has 3 nitrogen and oxygen atoms in total. The number of carboxylic acid groups (broad SMARTS) is 1. The molecule has 0 spiro atoms. The Balaban J connectivity index is 2.03. The topological polar surface area (TPSA) is 40.5 Å². The second kappa shape index (κ2) is 6.61. The van der Waals surface area contributed by atoms with Gasteiger partial charge in [0, 0.05) is 6.54 Å². The Morgan fingerprint density at radius 2 is 1.81 bits per heavy atom. The van der Waals surface area contributed by atoms with Gasteiger partial charge in [-0.15, -0.1) is 0 Å². The first-order chi connectivity index (χ1) is 9.98. The van der Waals surface area contributed by atoms with E-state index in [1.54, 1.807) is 0 Å². The number of hydrogen-bond donors (Lipinski definition) is 1. The molecule has 0 amide bonds. The summed E-state index contributed by atoms with van der Waals surface area (Å²) in [5.41, 5.74) is 3.58. The molecule has 1 saturated heterocycles. The number of hydrogen-bond acceptors (Lipinski definition) is 2. The molecule has 0 aliphatic carbocycles. The number of nitrogens with zero attached hydrogens (tertiary/aromatic N) is 1. The Kier molecular flexibility index (Phi) is 5.04. The van der Waals surface area contributed by atoms with Crippen molar-refractivity contribution in [2.45, 2.75) is 53.0 Å². The standard InChI is InChI=1S/C18H27NO2/c1-4-8-18(17(20)21)9-11-19(12-10-18)13-16-14(2)6-5-7-15(16)3/h5-7H,4,8-13H2,1-3H3,(H,20,21). The molecule has 1 N–H and O–H groups in total. The van der Waals surface area contributed by atoms with Crippen molar-refractivity contribution in [3.05, 3.63) is 34.9 Å². The number of piperidine rings is 1. The molecule has 0 saturated carbocycles. The molecule has 0 unspecified atom stereocenters. The summed E-state index contributed by atoms with van der Waals surface area (Å²) in [5, 5.41) is 9.57. The highest BCUT2D eigenvalue weighted by molar-refractivity contribution is 5.74. The molecule has 0 bridgehead atoms. The van der Waals surface area contributed by atoms with Crippen LogP contribution in [-0.4, -0.2) is 29.1 Å². The molecule has 1 fully saturated rings. The van der Waals surface area contributed by atoms with E-state index in [1.165, 1.54) is 16.7 Å². The van der Waals surface area contributed by atoms with Gasteiger partial charge in [-0.25, -0.2) is 0 Å². The summed E-state index contributed by atoms with van der Waals surface area (Å²) in [6, 6.07) is 6.41. The smallest absolute Gasteiger partial charge is 0.309 e. The zero-order valence-electron chi connectivity index (χ0n) is 13.5. The Bertz CT molecular complexity index is 482. The van der Waals surface area contributed by atoms with Crippen LogP contribution in [0.25, 0.3) is 0 Å². The molecule has 1 heterocycles. The third kappa shape index (κ3) is 3.46. The molecule has 0 radical (unpaired) electrons. The van der Waals surface area contributed by atoms with Gasteiger partial charge < -0.3 is 5.11 Å². The lowest BCUT2D eigenvalue weighted by molar-refractivity contribution is -0.152. The third-order valence-corrected chi connectivity index (χ3v) is 5.02. The summed E-state index contributed by atoms with van der Waals surface area (Å²) in [7, 11) is 0. The summed E-state index contributed by atoms with van der Waals surface area (Å²) < 4.78 is 0. The zero-order valence-corrected chi connectivity index (χ0v) is 13.5. The number of likely N-dealkylation sites (tertiary alicyclic amines) is 1. The van der Waals surface area contributed by atoms with Crippen LogP contribution in [0, 0.1) is 19.3 Å². The van der Waals surface area contributed by atoms with Crippen molar-refractivity contribution in [3.8, 4) is 0 Å². The first-order valence-electron chi connectivity index (χ1n) is 7.99. The molecule has 116 valence electrons. The number of benzene rings is 1. The molecular weight excluding hydrogens is 262 g/mol. The van der Waals surface area contributed by atoms with Gasteiger partial charge in [0.05, 0.1) is 5.41 Å². The molecule has 21 heavy (non-hydrogen) atoms. The van der Waals surface area contributed by atoms with E-state index < -0.39 is 11.4 Å². The minimum absolute atomic E-state index is 0.480. The van der Waals surface area contributed by atoms with Gasteiger partial charge in [-0.05, 0) is 62.9 Å². The molecule has 1 aromatic carbocycles. The summed E-state index contributed by atoms with van der Waals surface area (Å²) >= 11 is 0. The van der Waals surface area contributed by atoms with Gasteiger partial charge in [0.25, 0.3) is 0 Å². The zero-order chi connectivity index (χ0) is 15.5. The molecule has 0 atom stereocenters. The number of aliphatic carboxylic acids is 1. The number of rotatable bonds is 5. The van der Waals surface area contributed by atoms with E-state index in [0.717, 1.165) is 45.3 Å². The molecule has 3 heteroatoms. The minimum atomic E-state index is -0.601. The molecule has 1 aliphatic heterocycles. The number of carbonyl (C=O) groups is 1. The Labute approximate surface area is 128 Å². The summed E-state index contributed by atoms with van der Waals surface area (Å²) in [6.45, 7) is 9.12. The fourth-order valence-electron chi connectivity index (χ4n) is 3.51. The Morgan fingerprint density at radius 1 is 1.24 bits per heavy atom. The Morgan fingerprint density at radius 3 is 2.29 bits per heavy atom. The summed E-state index contributed by atoms with van der Waals surface area (Å²) in [5.74, 6) is -0.601. The van der Waals surface area contributed by atoms with Gasteiger partial charge in [-0.1, -0.05) is 31.5 Å². The van der Waals surface area contributed by atoms with Crippen LogP contribution < -0.4 is 0 Å². The van der Waals surface area contributed by atoms with Crippen LogP contribution in [0.1, 0.15) is 49.3 Å². The SMILES string of the molecule is CCCC1(C(=O)O)CCN(Cc2c(C)cccc2C)CC1. The van der Waals surface area contributed by atoms with Gasteiger partial charge in [-0.3, -0.25) is 9.69 Å². The quantitative estimate of drug-likeness (QED) is 0.897. The van der Waals surface area contributed by atoms with Crippen LogP contribution in [0.2, 0.25) is 0 Å². The highest BCUT2D eigenvalue weighted by Gasteiger charge is 2.40. The lowest BCUT2D eigenvalue weighted by atomic mass is 9.75. The number of aryl methyl sites for hydroxylation is 2. The van der Waals surface area contributed by atoms with E-state index in [-0.39, 0.29) is 0 Å². The molecule has 1 aromatic rings. The average molecular weight is 289 g/mol. The van der Waals surface area contributed by atoms with E-state index in [1.807, 2.05) is 0 Å². The van der Waals surface area contributed by atoms with Crippen molar-refractivity contribution in [1.29, 1.82) is 0 Å². The normalized spacial score (nSPS) is 18.6. The highest BCUT2D eigenvalue weighted by atomic mass is 16.4. The van der Waals surface area contributed by atoms with Crippen LogP contribution >= 0.6 is 0 Å². The fourth-order valence-corrected chi connectivity index (χ4v) is 3.51. The van der Waals surface area contributed by atoms with E-state index in [9.17, 15) is 9.90 Å². The largest absolute Gasteiger partial charge is 0.481 e. The summed E-state index contributed by atoms with van der Waals surface area (Å²) in [4.78, 5) is 14.0. The van der Waals surface area contributed by atoms with Crippen molar-refractivity contribution in [2.24, 2.45) is 5.41 Å². The van der Waals surface area contributed by atoms with Gasteiger partial charge >= 0.3 is 5.97 Å². The van der Waals surface area contributed by atoms with Crippen LogP contribution in [0.5, 0.6) is 0 Å². The second-order valence-electron chi connectivity index (χ2n) is 6.48. The van der Waals surface area contributed by atoms with E-state index >= 15 is 0 Å². The van der Waals surface area contributed by atoms with Crippen molar-refractivity contribution < 1.29 is 9.90 Å². The monoisotopic (exact) mass is 289 g/mol. The fraction of sp³-hybridized carbons (Fsp3) is 0.611. The first kappa shape index (κ1) is 16.0. The van der Waals surface area contributed by atoms with E-state index in [4.69, 9.17) is 0 Å². The predicted molar refractivity (Wildman–Crippen MR) is 85.4 cm³/mol. The van der Waals surface area contributed by atoms with Crippen molar-refractivity contribution in [2.75, 3.05) is 13.1 Å².